The van der Waals surface area contributed by atoms with Crippen molar-refractivity contribution in [3.63, 3.8) is 0 Å². The molecule has 0 bridgehead atoms. The van der Waals surface area contributed by atoms with Crippen molar-refractivity contribution in [2.24, 2.45) is 0 Å². The SMILES string of the molecule is O=C(c1ccc(CSc2ccccc2)cc1)N1CCN(C/C=C/c2ccccc2)CC1. The molecular formula is C27H28N2OS. The second kappa shape index (κ2) is 11.0. The largest absolute Gasteiger partial charge is 0.336 e. The summed E-state index contributed by atoms with van der Waals surface area (Å²) in [6.45, 7) is 4.31. The summed E-state index contributed by atoms with van der Waals surface area (Å²) >= 11 is 1.81. The number of carbonyl (C=O) groups excluding carboxylic acids is 1. The van der Waals surface area contributed by atoms with Gasteiger partial charge < -0.3 is 4.90 Å². The highest BCUT2D eigenvalue weighted by Gasteiger charge is 2.21. The van der Waals surface area contributed by atoms with Crippen LogP contribution in [-0.4, -0.2) is 48.4 Å². The van der Waals surface area contributed by atoms with Crippen LogP contribution in [0.15, 0.2) is 95.9 Å². The third kappa shape index (κ3) is 6.33. The third-order valence-electron chi connectivity index (χ3n) is 5.48. The molecule has 3 nitrogen and oxygen atoms in total. The molecule has 0 N–H and O–H groups in total. The number of carbonyl (C=O) groups is 1. The Morgan fingerprint density at radius 2 is 1.45 bits per heavy atom. The topological polar surface area (TPSA) is 23.6 Å². The van der Waals surface area contributed by atoms with Gasteiger partial charge in [0.05, 0.1) is 0 Å². The normalized spacial score (nSPS) is 14.8. The van der Waals surface area contributed by atoms with Crippen LogP contribution in [0.1, 0.15) is 21.5 Å². The van der Waals surface area contributed by atoms with Crippen molar-refractivity contribution >= 4 is 23.7 Å². The van der Waals surface area contributed by atoms with E-state index in [-0.39, 0.29) is 5.91 Å². The van der Waals surface area contributed by atoms with Crippen LogP contribution in [0.5, 0.6) is 0 Å². The Kier molecular flexibility index (Phi) is 7.59. The van der Waals surface area contributed by atoms with E-state index in [9.17, 15) is 4.79 Å². The van der Waals surface area contributed by atoms with Crippen molar-refractivity contribution in [3.05, 3.63) is 108 Å². The van der Waals surface area contributed by atoms with Crippen molar-refractivity contribution in [2.75, 3.05) is 32.7 Å². The van der Waals surface area contributed by atoms with Crippen molar-refractivity contribution in [3.8, 4) is 0 Å². The molecule has 4 rings (SSSR count). The molecule has 0 radical (unpaired) electrons. The lowest BCUT2D eigenvalue weighted by Gasteiger charge is -2.34. The molecule has 3 aromatic rings. The van der Waals surface area contributed by atoms with Crippen LogP contribution in [0.3, 0.4) is 0 Å². The Morgan fingerprint density at radius 3 is 2.13 bits per heavy atom. The molecule has 1 fully saturated rings. The first-order valence-electron chi connectivity index (χ1n) is 10.8. The Morgan fingerprint density at radius 1 is 0.806 bits per heavy atom. The van der Waals surface area contributed by atoms with Crippen LogP contribution in [-0.2, 0) is 5.75 Å². The zero-order valence-electron chi connectivity index (χ0n) is 17.7. The van der Waals surface area contributed by atoms with Crippen LogP contribution < -0.4 is 0 Å². The van der Waals surface area contributed by atoms with Crippen molar-refractivity contribution in [1.82, 2.24) is 9.80 Å². The smallest absolute Gasteiger partial charge is 0.253 e. The van der Waals surface area contributed by atoms with Gasteiger partial charge in [-0.1, -0.05) is 72.8 Å². The molecule has 0 aromatic heterocycles. The number of piperazine rings is 1. The van der Waals surface area contributed by atoms with Crippen LogP contribution >= 0.6 is 11.8 Å². The molecule has 1 saturated heterocycles. The Hall–Kier alpha value is -2.82. The summed E-state index contributed by atoms with van der Waals surface area (Å²) in [4.78, 5) is 18.5. The molecule has 0 saturated carbocycles. The Bertz CT molecular complexity index is 979. The molecule has 1 heterocycles. The quantitative estimate of drug-likeness (QED) is 0.468. The molecule has 158 valence electrons. The van der Waals surface area contributed by atoms with E-state index in [1.807, 2.05) is 40.9 Å². The minimum Gasteiger partial charge on any atom is -0.336 e. The Labute approximate surface area is 189 Å². The predicted molar refractivity (Wildman–Crippen MR) is 130 cm³/mol. The zero-order valence-corrected chi connectivity index (χ0v) is 18.5. The lowest BCUT2D eigenvalue weighted by molar-refractivity contribution is 0.0650. The van der Waals surface area contributed by atoms with Gasteiger partial charge in [0, 0.05) is 48.9 Å². The Balaban J connectivity index is 1.23. The maximum Gasteiger partial charge on any atom is 0.253 e. The number of amides is 1. The van der Waals surface area contributed by atoms with Gasteiger partial charge in [0.2, 0.25) is 0 Å². The summed E-state index contributed by atoms with van der Waals surface area (Å²) in [7, 11) is 0. The molecular weight excluding hydrogens is 400 g/mol. The lowest BCUT2D eigenvalue weighted by atomic mass is 10.1. The summed E-state index contributed by atoms with van der Waals surface area (Å²) in [6.07, 6.45) is 4.37. The van der Waals surface area contributed by atoms with Crippen LogP contribution in [0, 0.1) is 0 Å². The summed E-state index contributed by atoms with van der Waals surface area (Å²) < 4.78 is 0. The lowest BCUT2D eigenvalue weighted by Crippen LogP contribution is -2.48. The van der Waals surface area contributed by atoms with E-state index in [1.165, 1.54) is 16.0 Å². The molecule has 1 amide bonds. The molecule has 0 unspecified atom stereocenters. The van der Waals surface area contributed by atoms with Crippen molar-refractivity contribution in [2.45, 2.75) is 10.6 Å². The van der Waals surface area contributed by atoms with Gasteiger partial charge in [-0.05, 0) is 35.4 Å². The first kappa shape index (κ1) is 21.4. The maximum absolute atomic E-state index is 12.9. The molecule has 4 heteroatoms. The molecule has 0 atom stereocenters. The van der Waals surface area contributed by atoms with Gasteiger partial charge in [0.25, 0.3) is 5.91 Å². The number of thioether (sulfide) groups is 1. The summed E-state index contributed by atoms with van der Waals surface area (Å²) in [5.74, 6) is 1.05. The first-order chi connectivity index (χ1) is 15.3. The van der Waals surface area contributed by atoms with Gasteiger partial charge in [-0.15, -0.1) is 11.8 Å². The van der Waals surface area contributed by atoms with E-state index in [2.05, 4.69) is 77.7 Å². The highest BCUT2D eigenvalue weighted by atomic mass is 32.2. The van der Waals surface area contributed by atoms with E-state index >= 15 is 0 Å². The van der Waals surface area contributed by atoms with Gasteiger partial charge in [-0.25, -0.2) is 0 Å². The number of rotatable bonds is 7. The van der Waals surface area contributed by atoms with Gasteiger partial charge >= 0.3 is 0 Å². The third-order valence-corrected chi connectivity index (χ3v) is 6.57. The molecule has 1 aliphatic heterocycles. The van der Waals surface area contributed by atoms with Crippen LogP contribution in [0.25, 0.3) is 6.08 Å². The maximum atomic E-state index is 12.9. The minimum atomic E-state index is 0.141. The molecule has 0 spiro atoms. The highest BCUT2D eigenvalue weighted by molar-refractivity contribution is 7.98. The van der Waals surface area contributed by atoms with Gasteiger partial charge in [-0.2, -0.15) is 0 Å². The van der Waals surface area contributed by atoms with Gasteiger partial charge in [0.15, 0.2) is 0 Å². The standard InChI is InChI=1S/C27H28N2OS/c30-27(25-15-13-24(14-16-25)22-31-26-11-5-2-6-12-26)29-20-18-28(19-21-29)17-7-10-23-8-3-1-4-9-23/h1-16H,17-22H2/b10-7+. The average Bonchev–Trinajstić information content (AvgIpc) is 2.84. The fourth-order valence-corrected chi connectivity index (χ4v) is 4.52. The summed E-state index contributed by atoms with van der Waals surface area (Å²) in [6, 6.07) is 28.9. The first-order valence-corrected chi connectivity index (χ1v) is 11.8. The minimum absolute atomic E-state index is 0.141. The van der Waals surface area contributed by atoms with Crippen LogP contribution in [0.2, 0.25) is 0 Å². The molecule has 31 heavy (non-hydrogen) atoms. The second-order valence-corrected chi connectivity index (χ2v) is 8.75. The van der Waals surface area contributed by atoms with Gasteiger partial charge in [0.1, 0.15) is 0 Å². The fourth-order valence-electron chi connectivity index (χ4n) is 3.65. The number of benzene rings is 3. The number of hydrogen-bond acceptors (Lipinski definition) is 3. The highest BCUT2D eigenvalue weighted by Crippen LogP contribution is 2.22. The zero-order chi connectivity index (χ0) is 21.3. The van der Waals surface area contributed by atoms with Crippen molar-refractivity contribution < 1.29 is 4.79 Å². The number of hydrogen-bond donors (Lipinski definition) is 0. The van der Waals surface area contributed by atoms with E-state index in [0.717, 1.165) is 44.0 Å². The number of nitrogens with zero attached hydrogens (tertiary/aromatic N) is 2. The second-order valence-electron chi connectivity index (χ2n) is 7.70. The van der Waals surface area contributed by atoms with E-state index in [1.54, 1.807) is 0 Å². The van der Waals surface area contributed by atoms with E-state index < -0.39 is 0 Å². The summed E-state index contributed by atoms with van der Waals surface area (Å²) in [5, 5.41) is 0. The van der Waals surface area contributed by atoms with Crippen LogP contribution in [0.4, 0.5) is 0 Å². The van der Waals surface area contributed by atoms with Crippen molar-refractivity contribution in [1.29, 1.82) is 0 Å². The van der Waals surface area contributed by atoms with E-state index in [0.29, 0.717) is 0 Å². The summed E-state index contributed by atoms with van der Waals surface area (Å²) in [5.41, 5.74) is 3.24. The van der Waals surface area contributed by atoms with E-state index in [4.69, 9.17) is 0 Å². The monoisotopic (exact) mass is 428 g/mol. The average molecular weight is 429 g/mol. The molecule has 0 aliphatic carbocycles. The molecule has 1 aliphatic rings. The van der Waals surface area contributed by atoms with Gasteiger partial charge in [-0.3, -0.25) is 9.69 Å². The predicted octanol–water partition coefficient (Wildman–Crippen LogP) is 5.45. The molecule has 3 aromatic carbocycles. The fraction of sp³-hybridized carbons (Fsp3) is 0.222.